The van der Waals surface area contributed by atoms with Gasteiger partial charge in [0.05, 0.1) is 18.3 Å². The number of aromatic nitrogens is 4. The van der Waals surface area contributed by atoms with E-state index in [9.17, 15) is 9.59 Å². The Morgan fingerprint density at radius 2 is 1.86 bits per heavy atom. The molecule has 0 spiro atoms. The average Bonchev–Trinajstić information content (AvgIpc) is 3.59. The number of furan rings is 1. The number of hydrogen-bond acceptors (Lipinski definition) is 6. The molecule has 5 aromatic rings. The molecular weight excluding hydrogens is 468 g/mol. The third-order valence-corrected chi connectivity index (χ3v) is 6.16. The highest BCUT2D eigenvalue weighted by Crippen LogP contribution is 2.27. The third kappa shape index (κ3) is 5.40. The van der Waals surface area contributed by atoms with E-state index in [1.807, 2.05) is 67.6 Å². The van der Waals surface area contributed by atoms with E-state index < -0.39 is 6.04 Å². The largest absolute Gasteiger partial charge is 0.467 e. The van der Waals surface area contributed by atoms with E-state index in [-0.39, 0.29) is 31.4 Å². The highest BCUT2D eigenvalue weighted by molar-refractivity contribution is 5.89. The Bertz CT molecular complexity index is 1500. The number of rotatable bonds is 9. The maximum Gasteiger partial charge on any atom is 0.247 e. The maximum absolute atomic E-state index is 13.9. The Morgan fingerprint density at radius 3 is 2.65 bits per heavy atom. The number of hydrogen-bond donors (Lipinski definition) is 1. The Kier molecular flexibility index (Phi) is 7.02. The van der Waals surface area contributed by atoms with E-state index >= 15 is 0 Å². The average molecular weight is 495 g/mol. The zero-order chi connectivity index (χ0) is 25.6. The number of nitrogens with zero attached hydrogens (tertiary/aromatic N) is 5. The van der Waals surface area contributed by atoms with Crippen molar-refractivity contribution in [2.75, 3.05) is 0 Å². The predicted octanol–water partition coefficient (Wildman–Crippen LogP) is 3.81. The smallest absolute Gasteiger partial charge is 0.247 e. The van der Waals surface area contributed by atoms with Gasteiger partial charge in [-0.1, -0.05) is 47.7 Å². The molecule has 3 aromatic heterocycles. The van der Waals surface area contributed by atoms with Gasteiger partial charge < -0.3 is 14.6 Å². The molecule has 0 bridgehead atoms. The van der Waals surface area contributed by atoms with Crippen molar-refractivity contribution in [2.45, 2.75) is 32.6 Å². The molecule has 0 aliphatic heterocycles. The van der Waals surface area contributed by atoms with Crippen molar-refractivity contribution in [1.29, 1.82) is 0 Å². The molecule has 0 unspecified atom stereocenters. The highest BCUT2D eigenvalue weighted by atomic mass is 16.3. The molecule has 9 heteroatoms. The summed E-state index contributed by atoms with van der Waals surface area (Å²) in [4.78, 5) is 33.5. The molecule has 3 heterocycles. The molecule has 1 N–H and O–H groups in total. The van der Waals surface area contributed by atoms with Gasteiger partial charge in [0.2, 0.25) is 11.8 Å². The van der Waals surface area contributed by atoms with Gasteiger partial charge in [-0.25, -0.2) is 4.68 Å². The van der Waals surface area contributed by atoms with Gasteiger partial charge in [-0.2, -0.15) is 0 Å². The summed E-state index contributed by atoms with van der Waals surface area (Å²) < 4.78 is 6.94. The molecule has 0 aliphatic rings. The van der Waals surface area contributed by atoms with Crippen LogP contribution in [-0.2, 0) is 29.2 Å². The molecule has 0 fully saturated rings. The number of para-hydroxylation sites is 1. The van der Waals surface area contributed by atoms with Crippen LogP contribution in [0.3, 0.4) is 0 Å². The first-order valence-corrected chi connectivity index (χ1v) is 11.9. The summed E-state index contributed by atoms with van der Waals surface area (Å²) in [6.07, 6.45) is 4.92. The van der Waals surface area contributed by atoms with Gasteiger partial charge in [0.1, 0.15) is 23.9 Å². The van der Waals surface area contributed by atoms with Crippen LogP contribution in [0.1, 0.15) is 28.5 Å². The zero-order valence-corrected chi connectivity index (χ0v) is 20.3. The number of nitrogens with one attached hydrogen (secondary N) is 1. The summed E-state index contributed by atoms with van der Waals surface area (Å²) >= 11 is 0. The lowest BCUT2D eigenvalue weighted by Crippen LogP contribution is -2.44. The Balaban J connectivity index is 1.52. The van der Waals surface area contributed by atoms with Crippen molar-refractivity contribution < 1.29 is 14.0 Å². The van der Waals surface area contributed by atoms with Gasteiger partial charge in [-0.15, -0.1) is 5.10 Å². The first-order valence-electron chi connectivity index (χ1n) is 11.9. The quantitative estimate of drug-likeness (QED) is 0.334. The van der Waals surface area contributed by atoms with E-state index in [4.69, 9.17) is 4.42 Å². The Morgan fingerprint density at radius 1 is 1.03 bits per heavy atom. The summed E-state index contributed by atoms with van der Waals surface area (Å²) in [5.41, 5.74) is 3.88. The number of pyridine rings is 1. The lowest BCUT2D eigenvalue weighted by molar-refractivity contribution is -0.142. The molecule has 0 saturated carbocycles. The van der Waals surface area contributed by atoms with E-state index in [1.54, 1.807) is 40.4 Å². The summed E-state index contributed by atoms with van der Waals surface area (Å²) in [6.45, 7) is 2.25. The SMILES string of the molecule is Cc1ccccc1[C@H](C(=O)NCc1ccco1)N(Cc1cccnc1)C(=O)Cn1nnc2ccccc21. The van der Waals surface area contributed by atoms with Crippen LogP contribution in [-0.4, -0.2) is 36.7 Å². The van der Waals surface area contributed by atoms with Gasteiger partial charge in [-0.05, 0) is 53.9 Å². The second kappa shape index (κ2) is 10.9. The molecule has 37 heavy (non-hydrogen) atoms. The van der Waals surface area contributed by atoms with Crippen molar-refractivity contribution in [1.82, 2.24) is 30.2 Å². The monoisotopic (exact) mass is 494 g/mol. The number of carbonyl (C=O) groups is 2. The fourth-order valence-corrected chi connectivity index (χ4v) is 4.29. The second-order valence-electron chi connectivity index (χ2n) is 8.68. The van der Waals surface area contributed by atoms with Crippen LogP contribution >= 0.6 is 0 Å². The molecule has 5 rings (SSSR count). The molecule has 2 amide bonds. The molecule has 1 atom stereocenters. The van der Waals surface area contributed by atoms with E-state index in [1.165, 1.54) is 0 Å². The third-order valence-electron chi connectivity index (χ3n) is 6.16. The fourth-order valence-electron chi connectivity index (χ4n) is 4.29. The van der Waals surface area contributed by atoms with E-state index in [0.29, 0.717) is 11.3 Å². The molecule has 9 nitrogen and oxygen atoms in total. The van der Waals surface area contributed by atoms with Crippen molar-refractivity contribution in [2.24, 2.45) is 0 Å². The van der Waals surface area contributed by atoms with Gasteiger partial charge in [0, 0.05) is 18.9 Å². The molecule has 0 saturated heterocycles. The van der Waals surface area contributed by atoms with Crippen LogP contribution in [0.15, 0.2) is 95.9 Å². The van der Waals surface area contributed by atoms with Crippen molar-refractivity contribution in [3.8, 4) is 0 Å². The van der Waals surface area contributed by atoms with Gasteiger partial charge in [-0.3, -0.25) is 14.6 Å². The first-order chi connectivity index (χ1) is 18.1. The van der Waals surface area contributed by atoms with Crippen LogP contribution < -0.4 is 5.32 Å². The molecular formula is C28H26N6O3. The van der Waals surface area contributed by atoms with Crippen molar-refractivity contribution in [3.63, 3.8) is 0 Å². The van der Waals surface area contributed by atoms with Crippen LogP contribution in [0.25, 0.3) is 11.0 Å². The van der Waals surface area contributed by atoms with Crippen LogP contribution in [0.5, 0.6) is 0 Å². The van der Waals surface area contributed by atoms with Crippen molar-refractivity contribution in [3.05, 3.63) is 114 Å². The van der Waals surface area contributed by atoms with Crippen LogP contribution in [0.2, 0.25) is 0 Å². The van der Waals surface area contributed by atoms with E-state index in [2.05, 4.69) is 20.6 Å². The topological polar surface area (TPSA) is 106 Å². The molecule has 186 valence electrons. The maximum atomic E-state index is 13.9. The van der Waals surface area contributed by atoms with E-state index in [0.717, 1.165) is 22.2 Å². The second-order valence-corrected chi connectivity index (χ2v) is 8.68. The number of amides is 2. The normalized spacial score (nSPS) is 11.8. The van der Waals surface area contributed by atoms with Gasteiger partial charge >= 0.3 is 0 Å². The summed E-state index contributed by atoms with van der Waals surface area (Å²) in [7, 11) is 0. The predicted molar refractivity (Wildman–Crippen MR) is 137 cm³/mol. The number of benzene rings is 2. The minimum Gasteiger partial charge on any atom is -0.467 e. The zero-order valence-electron chi connectivity index (χ0n) is 20.3. The number of aryl methyl sites for hydroxylation is 1. The van der Waals surface area contributed by atoms with Gasteiger partial charge in [0.15, 0.2) is 0 Å². The summed E-state index contributed by atoms with van der Waals surface area (Å²) in [5, 5.41) is 11.3. The lowest BCUT2D eigenvalue weighted by Gasteiger charge is -2.32. The molecule has 0 aliphatic carbocycles. The van der Waals surface area contributed by atoms with Crippen LogP contribution in [0, 0.1) is 6.92 Å². The lowest BCUT2D eigenvalue weighted by atomic mass is 9.98. The van der Waals surface area contributed by atoms with Crippen molar-refractivity contribution >= 4 is 22.8 Å². The minimum absolute atomic E-state index is 0.0748. The summed E-state index contributed by atoms with van der Waals surface area (Å²) in [5.74, 6) is 0.0309. The fraction of sp³-hybridized carbons (Fsp3) is 0.179. The Labute approximate surface area is 213 Å². The molecule has 0 radical (unpaired) electrons. The summed E-state index contributed by atoms with van der Waals surface area (Å²) in [6, 6.07) is 21.4. The number of fused-ring (bicyclic) bond motifs is 1. The van der Waals surface area contributed by atoms with Crippen LogP contribution in [0.4, 0.5) is 0 Å². The standard InChI is InChI=1S/C28H26N6O3/c1-20-8-2-3-11-23(20)27(28(36)30-17-22-10-7-15-37-22)33(18-21-9-6-14-29-16-21)26(35)19-34-25-13-5-4-12-24(25)31-32-34/h2-16,27H,17-19H2,1H3,(H,30,36)/t27-/m1/s1. The number of carbonyl (C=O) groups excluding carboxylic acids is 2. The first kappa shape index (κ1) is 23.9. The highest BCUT2D eigenvalue weighted by Gasteiger charge is 2.33. The minimum atomic E-state index is -0.890. The van der Waals surface area contributed by atoms with Gasteiger partial charge in [0.25, 0.3) is 0 Å². The molecule has 2 aromatic carbocycles. The Hall–Kier alpha value is -4.79.